The lowest BCUT2D eigenvalue weighted by Gasteiger charge is -2.11. The normalized spacial score (nSPS) is 9.45. The third-order valence-electron chi connectivity index (χ3n) is 3.16. The molecule has 0 fully saturated rings. The Labute approximate surface area is 138 Å². The van der Waals surface area contributed by atoms with Gasteiger partial charge in [0.1, 0.15) is 30.1 Å². The van der Waals surface area contributed by atoms with Gasteiger partial charge >= 0.3 is 0 Å². The topological polar surface area (TPSA) is 56.8 Å². The zero-order valence-corrected chi connectivity index (χ0v) is 13.6. The van der Waals surface area contributed by atoms with Crippen LogP contribution in [-0.4, -0.2) is 0 Å². The van der Waals surface area contributed by atoms with Crippen molar-refractivity contribution in [3.63, 3.8) is 0 Å². The summed E-state index contributed by atoms with van der Waals surface area (Å²) in [5.41, 5.74) is 2.99. The van der Waals surface area contributed by atoms with E-state index in [2.05, 4.69) is 15.9 Å². The average molecular weight is 353 g/mol. The zero-order chi connectivity index (χ0) is 15.9. The van der Waals surface area contributed by atoms with Crippen molar-refractivity contribution in [1.82, 2.24) is 0 Å². The fourth-order valence-electron chi connectivity index (χ4n) is 1.94. The first-order valence-corrected chi connectivity index (χ1v) is 7.42. The second-order valence-corrected chi connectivity index (χ2v) is 5.59. The van der Waals surface area contributed by atoms with Gasteiger partial charge < -0.3 is 4.74 Å². The molecule has 0 aliphatic rings. The molecule has 0 aromatic heterocycles. The Hall–Kier alpha value is -2.56. The van der Waals surface area contributed by atoms with Crippen LogP contribution in [0.3, 0.4) is 0 Å². The van der Waals surface area contributed by atoms with Gasteiger partial charge in [0, 0.05) is 10.0 Å². The summed E-state index contributed by atoms with van der Waals surface area (Å²) in [6.45, 7) is 2.47. The maximum absolute atomic E-state index is 8.90. The quantitative estimate of drug-likeness (QED) is 0.744. The molecule has 3 nitrogen and oxygen atoms in total. The smallest absolute Gasteiger partial charge is 0.130 e. The molecular weight excluding hydrogens is 340 g/mol. The number of rotatable bonds is 4. The van der Waals surface area contributed by atoms with Crippen molar-refractivity contribution < 1.29 is 4.74 Å². The van der Waals surface area contributed by atoms with Crippen molar-refractivity contribution in [2.24, 2.45) is 0 Å². The molecule has 0 spiro atoms. The van der Waals surface area contributed by atoms with E-state index in [4.69, 9.17) is 15.3 Å². The molecule has 0 bridgehead atoms. The van der Waals surface area contributed by atoms with Crippen molar-refractivity contribution >= 4 is 22.0 Å². The minimum Gasteiger partial charge on any atom is -0.488 e. The number of benzene rings is 2. The van der Waals surface area contributed by atoms with Gasteiger partial charge in [0.15, 0.2) is 0 Å². The molecule has 0 amide bonds. The summed E-state index contributed by atoms with van der Waals surface area (Å²) in [5.74, 6) is 0.634. The SMILES string of the molecule is Cc1ccccc1COc1ccc(Br)cc1C=C(C#N)C#N. The monoisotopic (exact) mass is 352 g/mol. The minimum atomic E-state index is 0.0406. The molecular formula is C18H13BrN2O. The fourth-order valence-corrected chi connectivity index (χ4v) is 2.31. The first-order valence-electron chi connectivity index (χ1n) is 6.63. The Morgan fingerprint density at radius 2 is 1.91 bits per heavy atom. The number of ether oxygens (including phenoxy) is 1. The van der Waals surface area contributed by atoms with Gasteiger partial charge in [0.25, 0.3) is 0 Å². The molecule has 2 aromatic carbocycles. The van der Waals surface area contributed by atoms with E-state index in [1.165, 1.54) is 6.08 Å². The molecule has 0 heterocycles. The molecule has 0 radical (unpaired) electrons. The summed E-state index contributed by atoms with van der Waals surface area (Å²) >= 11 is 3.39. The van der Waals surface area contributed by atoms with E-state index >= 15 is 0 Å². The molecule has 0 saturated carbocycles. The van der Waals surface area contributed by atoms with Crippen molar-refractivity contribution in [2.75, 3.05) is 0 Å². The van der Waals surface area contributed by atoms with Crippen LogP contribution in [0.15, 0.2) is 52.5 Å². The van der Waals surface area contributed by atoms with Crippen LogP contribution >= 0.6 is 15.9 Å². The summed E-state index contributed by atoms with van der Waals surface area (Å²) in [7, 11) is 0. The van der Waals surface area contributed by atoms with Gasteiger partial charge in [-0.05, 0) is 42.3 Å². The molecule has 0 saturated heterocycles. The predicted molar refractivity (Wildman–Crippen MR) is 88.9 cm³/mol. The van der Waals surface area contributed by atoms with Gasteiger partial charge in [-0.25, -0.2) is 0 Å². The summed E-state index contributed by atoms with van der Waals surface area (Å²) in [5, 5.41) is 17.8. The second kappa shape index (κ2) is 7.45. The van der Waals surface area contributed by atoms with Crippen molar-refractivity contribution in [3.05, 3.63) is 69.2 Å². The summed E-state index contributed by atoms with van der Waals surface area (Å²) in [6, 6.07) is 17.2. The Kier molecular flexibility index (Phi) is 5.36. The highest BCUT2D eigenvalue weighted by Gasteiger charge is 2.06. The summed E-state index contributed by atoms with van der Waals surface area (Å²) < 4.78 is 6.72. The molecule has 0 atom stereocenters. The lowest BCUT2D eigenvalue weighted by molar-refractivity contribution is 0.304. The first-order chi connectivity index (χ1) is 10.6. The van der Waals surface area contributed by atoms with E-state index in [0.29, 0.717) is 17.9 Å². The molecule has 22 heavy (non-hydrogen) atoms. The van der Waals surface area contributed by atoms with Crippen LogP contribution in [0.4, 0.5) is 0 Å². The van der Waals surface area contributed by atoms with E-state index in [0.717, 1.165) is 15.6 Å². The van der Waals surface area contributed by atoms with Crippen molar-refractivity contribution in [1.29, 1.82) is 10.5 Å². The molecule has 0 aliphatic heterocycles. The predicted octanol–water partition coefficient (Wildman–Crippen LogP) is 4.77. The molecule has 108 valence electrons. The fraction of sp³-hybridized carbons (Fsp3) is 0.111. The van der Waals surface area contributed by atoms with E-state index in [1.807, 2.05) is 61.5 Å². The van der Waals surface area contributed by atoms with Gasteiger partial charge in [-0.3, -0.25) is 0 Å². The number of hydrogen-bond acceptors (Lipinski definition) is 3. The standard InChI is InChI=1S/C18H13BrN2O/c1-13-4-2-3-5-15(13)12-22-18-7-6-17(19)9-16(18)8-14(10-20)11-21/h2-9H,12H2,1H3. The molecule has 2 rings (SSSR count). The highest BCUT2D eigenvalue weighted by molar-refractivity contribution is 9.10. The highest BCUT2D eigenvalue weighted by Crippen LogP contribution is 2.26. The van der Waals surface area contributed by atoms with Crippen LogP contribution in [0.5, 0.6) is 5.75 Å². The molecule has 0 aliphatic carbocycles. The second-order valence-electron chi connectivity index (χ2n) is 4.68. The molecule has 4 heteroatoms. The van der Waals surface area contributed by atoms with Crippen LogP contribution in [0, 0.1) is 29.6 Å². The number of halogens is 1. The maximum Gasteiger partial charge on any atom is 0.130 e. The van der Waals surface area contributed by atoms with E-state index < -0.39 is 0 Å². The lowest BCUT2D eigenvalue weighted by atomic mass is 10.1. The van der Waals surface area contributed by atoms with Gasteiger partial charge in [0.2, 0.25) is 0 Å². The van der Waals surface area contributed by atoms with Crippen LogP contribution in [0.2, 0.25) is 0 Å². The van der Waals surface area contributed by atoms with E-state index in [1.54, 1.807) is 0 Å². The Balaban J connectivity index is 2.29. The third kappa shape index (κ3) is 3.97. The Bertz CT molecular complexity index is 781. The van der Waals surface area contributed by atoms with Gasteiger partial charge in [-0.2, -0.15) is 10.5 Å². The largest absolute Gasteiger partial charge is 0.488 e. The number of aryl methyl sites for hydroxylation is 1. The molecule has 0 N–H and O–H groups in total. The molecule has 0 unspecified atom stereocenters. The van der Waals surface area contributed by atoms with Gasteiger partial charge in [-0.1, -0.05) is 40.2 Å². The maximum atomic E-state index is 8.90. The highest BCUT2D eigenvalue weighted by atomic mass is 79.9. The van der Waals surface area contributed by atoms with Crippen LogP contribution in [-0.2, 0) is 6.61 Å². The number of nitrogens with zero attached hydrogens (tertiary/aromatic N) is 2. The zero-order valence-electron chi connectivity index (χ0n) is 12.0. The number of hydrogen-bond donors (Lipinski definition) is 0. The third-order valence-corrected chi connectivity index (χ3v) is 3.65. The summed E-state index contributed by atoms with van der Waals surface area (Å²) in [6.07, 6.45) is 1.53. The summed E-state index contributed by atoms with van der Waals surface area (Å²) in [4.78, 5) is 0. The molecule has 2 aromatic rings. The lowest BCUT2D eigenvalue weighted by Crippen LogP contribution is -1.99. The van der Waals surface area contributed by atoms with E-state index in [-0.39, 0.29) is 5.57 Å². The number of allylic oxidation sites excluding steroid dienone is 1. The first kappa shape index (κ1) is 15.8. The van der Waals surface area contributed by atoms with Gasteiger partial charge in [-0.15, -0.1) is 0 Å². The Morgan fingerprint density at radius 3 is 2.59 bits per heavy atom. The van der Waals surface area contributed by atoms with Gasteiger partial charge in [0.05, 0.1) is 0 Å². The average Bonchev–Trinajstić information content (AvgIpc) is 2.53. The Morgan fingerprint density at radius 1 is 1.18 bits per heavy atom. The van der Waals surface area contributed by atoms with Crippen molar-refractivity contribution in [2.45, 2.75) is 13.5 Å². The number of nitriles is 2. The minimum absolute atomic E-state index is 0.0406. The van der Waals surface area contributed by atoms with Crippen LogP contribution in [0.1, 0.15) is 16.7 Å². The van der Waals surface area contributed by atoms with Crippen LogP contribution in [0.25, 0.3) is 6.08 Å². The van der Waals surface area contributed by atoms with Crippen molar-refractivity contribution in [3.8, 4) is 17.9 Å². The van der Waals surface area contributed by atoms with E-state index in [9.17, 15) is 0 Å². The van der Waals surface area contributed by atoms with Crippen LogP contribution < -0.4 is 4.74 Å².